The molecular weight excluding hydrogens is 734 g/mol. The van der Waals surface area contributed by atoms with Gasteiger partial charge in [-0.15, -0.1) is 0 Å². The molecule has 8 heteroatoms. The quantitative estimate of drug-likeness (QED) is 0.0875. The van der Waals surface area contributed by atoms with Crippen molar-refractivity contribution in [3.63, 3.8) is 0 Å². The van der Waals surface area contributed by atoms with Crippen LogP contribution in [0.4, 0.5) is 0 Å². The number of rotatable bonds is 17. The SMILES string of the molecule is CC(C)C1=C(OP(Oc2ccccc2-c2ccccc2OP(Oc2ccccc2C(C)C)Oc2ccccc2C(C)C)Oc2ccccc2C(C)C)C=CCC1. The third-order valence-electron chi connectivity index (χ3n) is 9.59. The molecule has 0 saturated heterocycles. The van der Waals surface area contributed by atoms with Gasteiger partial charge >= 0.3 is 17.2 Å². The van der Waals surface area contributed by atoms with Gasteiger partial charge in [0.05, 0.1) is 0 Å². The summed E-state index contributed by atoms with van der Waals surface area (Å²) in [6.07, 6.45) is 6.13. The maximum absolute atomic E-state index is 6.84. The lowest BCUT2D eigenvalue weighted by Crippen LogP contribution is -2.08. The van der Waals surface area contributed by atoms with Crippen LogP contribution in [0.5, 0.6) is 28.7 Å². The van der Waals surface area contributed by atoms with E-state index in [0.717, 1.165) is 63.7 Å². The Bertz CT molecular complexity index is 2070. The van der Waals surface area contributed by atoms with Crippen molar-refractivity contribution in [3.05, 3.63) is 162 Å². The van der Waals surface area contributed by atoms with E-state index in [-0.39, 0.29) is 17.8 Å². The molecule has 56 heavy (non-hydrogen) atoms. The van der Waals surface area contributed by atoms with E-state index in [0.29, 0.717) is 17.4 Å². The molecule has 0 N–H and O–H groups in total. The van der Waals surface area contributed by atoms with E-state index in [1.807, 2.05) is 103 Å². The van der Waals surface area contributed by atoms with Gasteiger partial charge in [0.2, 0.25) is 0 Å². The van der Waals surface area contributed by atoms with Crippen LogP contribution in [0.1, 0.15) is 103 Å². The second-order valence-corrected chi connectivity index (χ2v) is 17.0. The Kier molecular flexibility index (Phi) is 14.2. The van der Waals surface area contributed by atoms with Crippen molar-refractivity contribution < 1.29 is 27.1 Å². The minimum absolute atomic E-state index is 0.241. The maximum Gasteiger partial charge on any atom is 0.530 e. The predicted octanol–water partition coefficient (Wildman–Crippen LogP) is 15.4. The normalized spacial score (nSPS) is 13.4. The summed E-state index contributed by atoms with van der Waals surface area (Å²) in [6.45, 7) is 17.3. The lowest BCUT2D eigenvalue weighted by atomic mass is 9.94. The molecule has 1 unspecified atom stereocenters. The van der Waals surface area contributed by atoms with Crippen LogP contribution in [0.25, 0.3) is 11.1 Å². The molecule has 1 atom stereocenters. The number of para-hydroxylation sites is 5. The molecule has 0 aromatic heterocycles. The van der Waals surface area contributed by atoms with Crippen molar-refractivity contribution in [2.45, 2.75) is 86.0 Å². The summed E-state index contributed by atoms with van der Waals surface area (Å²) in [5, 5.41) is 0. The molecule has 0 fully saturated rings. The van der Waals surface area contributed by atoms with E-state index in [4.69, 9.17) is 27.1 Å². The van der Waals surface area contributed by atoms with Crippen LogP contribution in [0, 0.1) is 5.92 Å². The van der Waals surface area contributed by atoms with Crippen molar-refractivity contribution in [1.82, 2.24) is 0 Å². The van der Waals surface area contributed by atoms with Gasteiger partial charge in [-0.1, -0.05) is 152 Å². The molecule has 292 valence electrons. The summed E-state index contributed by atoms with van der Waals surface area (Å²) in [4.78, 5) is 0. The zero-order valence-electron chi connectivity index (χ0n) is 33.8. The first-order valence-corrected chi connectivity index (χ1v) is 21.8. The summed E-state index contributed by atoms with van der Waals surface area (Å²) in [5.41, 5.74) is 6.12. The van der Waals surface area contributed by atoms with Gasteiger partial charge in [0, 0.05) is 11.1 Å². The van der Waals surface area contributed by atoms with Crippen molar-refractivity contribution in [3.8, 4) is 39.9 Å². The maximum atomic E-state index is 6.84. The molecule has 0 radical (unpaired) electrons. The first-order chi connectivity index (χ1) is 27.1. The number of benzene rings is 5. The molecule has 1 aliphatic carbocycles. The fourth-order valence-electron chi connectivity index (χ4n) is 6.57. The highest BCUT2D eigenvalue weighted by Gasteiger charge is 2.29. The molecule has 0 saturated carbocycles. The Balaban J connectivity index is 1.38. The van der Waals surface area contributed by atoms with E-state index >= 15 is 0 Å². The van der Waals surface area contributed by atoms with Gasteiger partial charge in [0.1, 0.15) is 34.5 Å². The monoisotopic (exact) mass is 788 g/mol. The minimum atomic E-state index is -1.97. The van der Waals surface area contributed by atoms with Crippen LogP contribution >= 0.6 is 17.2 Å². The molecule has 0 spiro atoms. The number of allylic oxidation sites excluding steroid dienone is 3. The average molecular weight is 789 g/mol. The molecule has 5 aromatic carbocycles. The Labute approximate surface area is 336 Å². The van der Waals surface area contributed by atoms with Gasteiger partial charge < -0.3 is 27.1 Å². The largest absolute Gasteiger partial charge is 0.530 e. The first kappa shape index (κ1) is 40.9. The van der Waals surface area contributed by atoms with E-state index in [1.165, 1.54) is 5.57 Å². The third kappa shape index (κ3) is 10.3. The van der Waals surface area contributed by atoms with E-state index in [1.54, 1.807) is 0 Å². The van der Waals surface area contributed by atoms with Crippen LogP contribution in [-0.2, 0) is 4.52 Å². The third-order valence-corrected chi connectivity index (χ3v) is 11.7. The molecule has 6 nitrogen and oxygen atoms in total. The Morgan fingerprint density at radius 2 is 0.732 bits per heavy atom. The summed E-state index contributed by atoms with van der Waals surface area (Å²) in [5.74, 6) is 5.25. The van der Waals surface area contributed by atoms with Gasteiger partial charge in [0.25, 0.3) is 0 Å². The highest BCUT2D eigenvalue weighted by molar-refractivity contribution is 7.43. The number of hydrogen-bond acceptors (Lipinski definition) is 6. The van der Waals surface area contributed by atoms with Crippen LogP contribution in [-0.4, -0.2) is 0 Å². The Morgan fingerprint density at radius 3 is 1.12 bits per heavy atom. The van der Waals surface area contributed by atoms with E-state index < -0.39 is 17.2 Å². The van der Waals surface area contributed by atoms with Crippen molar-refractivity contribution in [1.29, 1.82) is 0 Å². The molecule has 0 aliphatic heterocycles. The molecule has 0 bridgehead atoms. The molecule has 0 amide bonds. The van der Waals surface area contributed by atoms with Crippen LogP contribution in [0.3, 0.4) is 0 Å². The van der Waals surface area contributed by atoms with Crippen LogP contribution in [0.15, 0.2) is 145 Å². The van der Waals surface area contributed by atoms with Gasteiger partial charge in [-0.25, -0.2) is 0 Å². The highest BCUT2D eigenvalue weighted by atomic mass is 31.2. The summed E-state index contributed by atoms with van der Waals surface area (Å²) in [6, 6.07) is 40.1. The fourth-order valence-corrected chi connectivity index (χ4v) is 8.76. The zero-order valence-corrected chi connectivity index (χ0v) is 35.6. The van der Waals surface area contributed by atoms with Gasteiger partial charge in [-0.3, -0.25) is 0 Å². The van der Waals surface area contributed by atoms with Crippen molar-refractivity contribution in [2.24, 2.45) is 5.92 Å². The summed E-state index contributed by atoms with van der Waals surface area (Å²) in [7, 11) is -3.91. The minimum Gasteiger partial charge on any atom is -0.409 e. The highest BCUT2D eigenvalue weighted by Crippen LogP contribution is 2.52. The van der Waals surface area contributed by atoms with Gasteiger partial charge in [0.15, 0.2) is 0 Å². The molecule has 5 aromatic rings. The van der Waals surface area contributed by atoms with Gasteiger partial charge in [-0.2, -0.15) is 0 Å². The number of hydrogen-bond donors (Lipinski definition) is 0. The van der Waals surface area contributed by atoms with E-state index in [9.17, 15) is 0 Å². The summed E-state index contributed by atoms with van der Waals surface area (Å²) < 4.78 is 40.5. The molecule has 1 aliphatic rings. The lowest BCUT2D eigenvalue weighted by molar-refractivity contribution is 0.330. The van der Waals surface area contributed by atoms with Crippen LogP contribution in [0.2, 0.25) is 0 Å². The smallest absolute Gasteiger partial charge is 0.409 e. The predicted molar refractivity (Wildman–Crippen MR) is 232 cm³/mol. The topological polar surface area (TPSA) is 55.4 Å². The standard InChI is InChI=1S/C48H54O6P2/c1-33(2)37-21-9-15-27-43(37)49-55(50-44-28-16-10-22-38(44)34(3)4)53-47-31-19-13-25-41(47)42-26-14-20-32-48(42)54-56(51-45-29-17-11-23-39(45)35(5)6)52-46-30-18-12-24-40(46)36(7)8/h9-11,13-23,25-36H,12,24H2,1-8H3. The Morgan fingerprint density at radius 1 is 0.393 bits per heavy atom. The van der Waals surface area contributed by atoms with E-state index in [2.05, 4.69) is 85.7 Å². The van der Waals surface area contributed by atoms with Crippen molar-refractivity contribution in [2.75, 3.05) is 0 Å². The molecular formula is C48H54O6P2. The molecule has 0 heterocycles. The Hall–Kier alpha value is -4.76. The fraction of sp³-hybridized carbons (Fsp3) is 0.292. The van der Waals surface area contributed by atoms with Crippen molar-refractivity contribution >= 4 is 17.2 Å². The van der Waals surface area contributed by atoms with Crippen LogP contribution < -0.4 is 22.6 Å². The molecule has 6 rings (SSSR count). The lowest BCUT2D eigenvalue weighted by Gasteiger charge is -2.25. The zero-order chi connectivity index (χ0) is 39.6. The van der Waals surface area contributed by atoms with Gasteiger partial charge in [-0.05, 0) is 95.2 Å². The second kappa shape index (κ2) is 19.4. The average Bonchev–Trinajstić information content (AvgIpc) is 3.19. The first-order valence-electron chi connectivity index (χ1n) is 19.6. The second-order valence-electron chi connectivity index (χ2n) is 15.1. The summed E-state index contributed by atoms with van der Waals surface area (Å²) >= 11 is 0.